The van der Waals surface area contributed by atoms with E-state index in [2.05, 4.69) is 22.8 Å². The number of fused-ring (bicyclic) bond motifs is 1. The van der Waals surface area contributed by atoms with Gasteiger partial charge in [-0.25, -0.2) is 4.98 Å². The van der Waals surface area contributed by atoms with Gasteiger partial charge >= 0.3 is 0 Å². The molecule has 30 heavy (non-hydrogen) atoms. The summed E-state index contributed by atoms with van der Waals surface area (Å²) in [5.74, 6) is 2.13. The molecule has 1 aliphatic heterocycles. The highest BCUT2D eigenvalue weighted by Crippen LogP contribution is 2.35. The first kappa shape index (κ1) is 19.6. The van der Waals surface area contributed by atoms with Crippen LogP contribution in [-0.4, -0.2) is 22.0 Å². The number of aryl methyl sites for hydroxylation is 1. The van der Waals surface area contributed by atoms with Crippen molar-refractivity contribution in [2.45, 2.75) is 57.4 Å². The Hall–Kier alpha value is -2.33. The van der Waals surface area contributed by atoms with Crippen LogP contribution in [0.4, 0.5) is 5.69 Å². The number of nitrogens with zero attached hydrogens (tertiary/aromatic N) is 3. The number of aromatic nitrogens is 2. The van der Waals surface area contributed by atoms with Gasteiger partial charge in [-0.15, -0.1) is 0 Å². The third-order valence-electron chi connectivity index (χ3n) is 6.78. The van der Waals surface area contributed by atoms with Crippen LogP contribution in [-0.2, 0) is 11.3 Å². The number of halogens is 1. The van der Waals surface area contributed by atoms with Gasteiger partial charge in [0.05, 0.1) is 11.0 Å². The molecule has 1 atom stereocenters. The van der Waals surface area contributed by atoms with E-state index in [0.29, 0.717) is 18.0 Å². The van der Waals surface area contributed by atoms with Crippen LogP contribution >= 0.6 is 11.6 Å². The zero-order chi connectivity index (χ0) is 20.5. The second-order valence-corrected chi connectivity index (χ2v) is 9.22. The summed E-state index contributed by atoms with van der Waals surface area (Å²) in [6.07, 6.45) is 8.53. The molecule has 1 saturated heterocycles. The standard InChI is InChI=1S/C25H28ClN3O/c26-20-9-6-10-21(16-20)29-17-19(15-24(29)30)25-27-22-11-4-5-12-23(22)28(25)14-13-18-7-2-1-3-8-18/h4-6,9-12,16,18-19H,1-3,7-8,13-15,17H2/t19-/m0/s1. The number of para-hydroxylation sites is 2. The fraction of sp³-hybridized carbons (Fsp3) is 0.440. The molecular formula is C25H28ClN3O. The molecule has 5 heteroatoms. The van der Waals surface area contributed by atoms with E-state index < -0.39 is 0 Å². The van der Waals surface area contributed by atoms with Crippen LogP contribution in [0.5, 0.6) is 0 Å². The van der Waals surface area contributed by atoms with Gasteiger partial charge in [0.15, 0.2) is 0 Å². The number of hydrogen-bond acceptors (Lipinski definition) is 2. The van der Waals surface area contributed by atoms with Crippen molar-refractivity contribution in [2.75, 3.05) is 11.4 Å². The first-order valence-electron chi connectivity index (χ1n) is 11.2. The third-order valence-corrected chi connectivity index (χ3v) is 7.01. The largest absolute Gasteiger partial charge is 0.328 e. The molecule has 4 nitrogen and oxygen atoms in total. The SMILES string of the molecule is O=C1C[C@H](c2nc3ccccc3n2CCC2CCCCC2)CN1c1cccc(Cl)c1. The number of imidazole rings is 1. The van der Waals surface area contributed by atoms with Gasteiger partial charge in [0.1, 0.15) is 5.82 Å². The summed E-state index contributed by atoms with van der Waals surface area (Å²) < 4.78 is 2.39. The lowest BCUT2D eigenvalue weighted by atomic mass is 9.87. The first-order chi connectivity index (χ1) is 14.7. The van der Waals surface area contributed by atoms with Gasteiger partial charge in [-0.1, -0.05) is 61.9 Å². The Morgan fingerprint density at radius 3 is 2.70 bits per heavy atom. The lowest BCUT2D eigenvalue weighted by Gasteiger charge is -2.23. The van der Waals surface area contributed by atoms with Gasteiger partial charge in [-0.2, -0.15) is 0 Å². The van der Waals surface area contributed by atoms with E-state index >= 15 is 0 Å². The molecule has 2 aromatic carbocycles. The monoisotopic (exact) mass is 421 g/mol. The van der Waals surface area contributed by atoms with Crippen molar-refractivity contribution in [1.29, 1.82) is 0 Å². The summed E-state index contributed by atoms with van der Waals surface area (Å²) in [4.78, 5) is 19.7. The highest BCUT2D eigenvalue weighted by molar-refractivity contribution is 6.30. The van der Waals surface area contributed by atoms with E-state index in [-0.39, 0.29) is 11.8 Å². The number of rotatable bonds is 5. The van der Waals surface area contributed by atoms with Gasteiger partial charge in [-0.3, -0.25) is 4.79 Å². The zero-order valence-corrected chi connectivity index (χ0v) is 18.0. The van der Waals surface area contributed by atoms with Gasteiger partial charge in [0.25, 0.3) is 0 Å². The average molecular weight is 422 g/mol. The minimum Gasteiger partial charge on any atom is -0.328 e. The molecule has 0 N–H and O–H groups in total. The normalized spacial score (nSPS) is 20.4. The summed E-state index contributed by atoms with van der Waals surface area (Å²) in [6, 6.07) is 15.9. The summed E-state index contributed by atoms with van der Waals surface area (Å²) in [7, 11) is 0. The van der Waals surface area contributed by atoms with Crippen molar-refractivity contribution in [3.63, 3.8) is 0 Å². The van der Waals surface area contributed by atoms with Gasteiger partial charge in [-0.05, 0) is 42.7 Å². The molecule has 156 valence electrons. The molecule has 2 heterocycles. The maximum atomic E-state index is 12.8. The lowest BCUT2D eigenvalue weighted by molar-refractivity contribution is -0.117. The predicted molar refractivity (Wildman–Crippen MR) is 122 cm³/mol. The lowest BCUT2D eigenvalue weighted by Crippen LogP contribution is -2.24. The predicted octanol–water partition coefficient (Wildman–Crippen LogP) is 6.18. The average Bonchev–Trinajstić information content (AvgIpc) is 3.33. The van der Waals surface area contributed by atoms with Crippen LogP contribution in [0.15, 0.2) is 48.5 Å². The molecular weight excluding hydrogens is 394 g/mol. The third kappa shape index (κ3) is 3.85. The molecule has 1 saturated carbocycles. The second kappa shape index (κ2) is 8.43. The highest BCUT2D eigenvalue weighted by Gasteiger charge is 2.35. The smallest absolute Gasteiger partial charge is 0.227 e. The summed E-state index contributed by atoms with van der Waals surface area (Å²) in [5, 5.41) is 0.656. The number of amides is 1. The summed E-state index contributed by atoms with van der Waals surface area (Å²) in [5.41, 5.74) is 3.10. The fourth-order valence-electron chi connectivity index (χ4n) is 5.20. The Bertz CT molecular complexity index is 1050. The topological polar surface area (TPSA) is 38.1 Å². The van der Waals surface area contributed by atoms with Crippen LogP contribution in [0.2, 0.25) is 5.02 Å². The van der Waals surface area contributed by atoms with Crippen LogP contribution in [0, 0.1) is 5.92 Å². The Labute approximate surface area is 182 Å². The molecule has 2 aliphatic rings. The van der Waals surface area contributed by atoms with Crippen molar-refractivity contribution >= 4 is 34.2 Å². The Kier molecular flexibility index (Phi) is 5.51. The van der Waals surface area contributed by atoms with E-state index in [4.69, 9.17) is 16.6 Å². The Morgan fingerprint density at radius 1 is 1.03 bits per heavy atom. The summed E-state index contributed by atoms with van der Waals surface area (Å²) in [6.45, 7) is 1.65. The van der Waals surface area contributed by atoms with E-state index in [0.717, 1.165) is 29.5 Å². The minimum atomic E-state index is 0.107. The molecule has 0 spiro atoms. The van der Waals surface area contributed by atoms with Crippen LogP contribution < -0.4 is 4.90 Å². The van der Waals surface area contributed by atoms with Crippen molar-refractivity contribution in [3.05, 3.63) is 59.4 Å². The molecule has 0 bridgehead atoms. The van der Waals surface area contributed by atoms with Crippen LogP contribution in [0.25, 0.3) is 11.0 Å². The molecule has 2 fully saturated rings. The van der Waals surface area contributed by atoms with Gasteiger partial charge < -0.3 is 9.47 Å². The molecule has 3 aromatic rings. The molecule has 5 rings (SSSR count). The van der Waals surface area contributed by atoms with Crippen molar-refractivity contribution in [3.8, 4) is 0 Å². The molecule has 1 aromatic heterocycles. The zero-order valence-electron chi connectivity index (χ0n) is 17.3. The maximum absolute atomic E-state index is 12.8. The van der Waals surface area contributed by atoms with E-state index in [9.17, 15) is 4.79 Å². The van der Waals surface area contributed by atoms with E-state index in [1.54, 1.807) is 0 Å². The van der Waals surface area contributed by atoms with Gasteiger partial charge in [0, 0.05) is 36.1 Å². The van der Waals surface area contributed by atoms with Crippen molar-refractivity contribution < 1.29 is 4.79 Å². The highest BCUT2D eigenvalue weighted by atomic mass is 35.5. The maximum Gasteiger partial charge on any atom is 0.227 e. The number of anilines is 1. The number of hydrogen-bond donors (Lipinski definition) is 0. The van der Waals surface area contributed by atoms with Crippen LogP contribution in [0.1, 0.15) is 56.7 Å². The summed E-state index contributed by atoms with van der Waals surface area (Å²) >= 11 is 6.16. The molecule has 0 unspecified atom stereocenters. The number of carbonyl (C=O) groups excluding carboxylic acids is 1. The fourth-order valence-corrected chi connectivity index (χ4v) is 5.39. The number of benzene rings is 2. The Morgan fingerprint density at radius 2 is 1.87 bits per heavy atom. The van der Waals surface area contributed by atoms with Crippen molar-refractivity contribution in [1.82, 2.24) is 9.55 Å². The van der Waals surface area contributed by atoms with Crippen LogP contribution in [0.3, 0.4) is 0 Å². The number of carbonyl (C=O) groups is 1. The second-order valence-electron chi connectivity index (χ2n) is 8.79. The minimum absolute atomic E-state index is 0.107. The molecule has 1 aliphatic carbocycles. The molecule has 1 amide bonds. The van der Waals surface area contributed by atoms with E-state index in [1.165, 1.54) is 44.0 Å². The Balaban J connectivity index is 1.42. The first-order valence-corrected chi connectivity index (χ1v) is 11.6. The quantitative estimate of drug-likeness (QED) is 0.493. The van der Waals surface area contributed by atoms with Gasteiger partial charge in [0.2, 0.25) is 5.91 Å². The molecule has 0 radical (unpaired) electrons. The van der Waals surface area contributed by atoms with E-state index in [1.807, 2.05) is 35.2 Å². The van der Waals surface area contributed by atoms with Crippen molar-refractivity contribution in [2.24, 2.45) is 5.92 Å².